The van der Waals surface area contributed by atoms with E-state index in [9.17, 15) is 9.90 Å². The van der Waals surface area contributed by atoms with E-state index < -0.39 is 5.97 Å². The van der Waals surface area contributed by atoms with E-state index in [2.05, 4.69) is 25.0 Å². The monoisotopic (exact) mass is 410 g/mol. The molecule has 6 heteroatoms. The highest BCUT2D eigenvalue weighted by molar-refractivity contribution is 5.88. The molecule has 6 nitrogen and oxygen atoms in total. The Morgan fingerprint density at radius 2 is 1.63 bits per heavy atom. The largest absolute Gasteiger partial charge is 0.496 e. The molecule has 0 saturated carbocycles. The maximum Gasteiger partial charge on any atom is 0.356 e. The van der Waals surface area contributed by atoms with Crippen molar-refractivity contribution in [3.05, 3.63) is 59.3 Å². The minimum absolute atomic E-state index is 0.0433. The van der Waals surface area contributed by atoms with Gasteiger partial charge in [0.2, 0.25) is 0 Å². The molecule has 0 atom stereocenters. The molecule has 0 radical (unpaired) electrons. The van der Waals surface area contributed by atoms with Crippen LogP contribution in [0.3, 0.4) is 0 Å². The Morgan fingerprint density at radius 3 is 2.13 bits per heavy atom. The van der Waals surface area contributed by atoms with Gasteiger partial charge >= 0.3 is 5.97 Å². The second-order valence-electron chi connectivity index (χ2n) is 6.89. The van der Waals surface area contributed by atoms with Crippen LogP contribution in [0.15, 0.2) is 42.5 Å². The minimum atomic E-state index is -1.09. The third-order valence-electron chi connectivity index (χ3n) is 4.65. The fourth-order valence-corrected chi connectivity index (χ4v) is 3.28. The molecule has 0 saturated heterocycles. The Morgan fingerprint density at radius 1 is 1.03 bits per heavy atom. The van der Waals surface area contributed by atoms with Crippen LogP contribution in [-0.4, -0.2) is 35.1 Å². The zero-order valence-corrected chi connectivity index (χ0v) is 18.7. The highest BCUT2D eigenvalue weighted by Crippen LogP contribution is 2.40. The molecule has 0 bridgehead atoms. The molecule has 2 aromatic carbocycles. The van der Waals surface area contributed by atoms with Gasteiger partial charge in [-0.15, -0.1) is 0 Å². The van der Waals surface area contributed by atoms with Crippen LogP contribution in [0.25, 0.3) is 16.9 Å². The van der Waals surface area contributed by atoms with Gasteiger partial charge < -0.3 is 14.6 Å². The van der Waals surface area contributed by atoms with Crippen LogP contribution >= 0.6 is 0 Å². The summed E-state index contributed by atoms with van der Waals surface area (Å²) >= 11 is 0. The van der Waals surface area contributed by atoms with Crippen LogP contribution in [0.5, 0.6) is 11.5 Å². The molecule has 0 aliphatic carbocycles. The SMILES string of the molecule is CC.COc1cccc(OC)c1-c1cc(C(=O)O)nn1-c1ccc(C)cc1C(C)C. The number of carboxylic acids is 1. The van der Waals surface area contributed by atoms with Gasteiger partial charge in [0.25, 0.3) is 0 Å². The van der Waals surface area contributed by atoms with Gasteiger partial charge in [-0.1, -0.05) is 51.5 Å². The summed E-state index contributed by atoms with van der Waals surface area (Å²) in [5, 5.41) is 13.9. The van der Waals surface area contributed by atoms with Crippen molar-refractivity contribution in [2.45, 2.75) is 40.5 Å². The number of hydrogen-bond donors (Lipinski definition) is 1. The van der Waals surface area contributed by atoms with Crippen molar-refractivity contribution in [3.63, 3.8) is 0 Å². The predicted octanol–water partition coefficient (Wildman–Crippen LogP) is 5.71. The van der Waals surface area contributed by atoms with Gasteiger partial charge in [-0.25, -0.2) is 9.48 Å². The average molecular weight is 411 g/mol. The summed E-state index contributed by atoms with van der Waals surface area (Å²) in [5.41, 5.74) is 4.25. The predicted molar refractivity (Wildman–Crippen MR) is 119 cm³/mol. The summed E-state index contributed by atoms with van der Waals surface area (Å²) in [7, 11) is 3.14. The average Bonchev–Trinajstić information content (AvgIpc) is 3.19. The first-order valence-corrected chi connectivity index (χ1v) is 10.0. The second kappa shape index (κ2) is 9.96. The van der Waals surface area contributed by atoms with Gasteiger partial charge in [0, 0.05) is 0 Å². The number of methoxy groups -OCH3 is 2. The summed E-state index contributed by atoms with van der Waals surface area (Å²) in [6.07, 6.45) is 0. The molecule has 30 heavy (non-hydrogen) atoms. The van der Waals surface area contributed by atoms with Crippen LogP contribution < -0.4 is 9.47 Å². The summed E-state index contributed by atoms with van der Waals surface area (Å²) in [4.78, 5) is 11.7. The number of hydrogen-bond acceptors (Lipinski definition) is 4. The first-order valence-electron chi connectivity index (χ1n) is 10.0. The van der Waals surface area contributed by atoms with Gasteiger partial charge in [-0.05, 0) is 42.7 Å². The summed E-state index contributed by atoms with van der Waals surface area (Å²) < 4.78 is 12.7. The number of rotatable bonds is 6. The summed E-state index contributed by atoms with van der Waals surface area (Å²) in [6.45, 7) is 10.2. The van der Waals surface area contributed by atoms with Gasteiger partial charge in [0.1, 0.15) is 11.5 Å². The molecular formula is C24H30N2O4. The lowest BCUT2D eigenvalue weighted by Crippen LogP contribution is -2.07. The molecule has 1 aromatic heterocycles. The van der Waals surface area contributed by atoms with Crippen LogP contribution in [0.1, 0.15) is 55.2 Å². The summed E-state index contributed by atoms with van der Waals surface area (Å²) in [6, 6.07) is 13.1. The maximum atomic E-state index is 11.7. The van der Waals surface area contributed by atoms with Crippen molar-refractivity contribution in [1.29, 1.82) is 0 Å². The molecule has 0 amide bonds. The lowest BCUT2D eigenvalue weighted by Gasteiger charge is -2.18. The van der Waals surface area contributed by atoms with Gasteiger partial charge in [-0.2, -0.15) is 5.10 Å². The Balaban J connectivity index is 0.00000155. The zero-order valence-electron chi connectivity index (χ0n) is 18.7. The van der Waals surface area contributed by atoms with Crippen molar-refractivity contribution in [3.8, 4) is 28.4 Å². The highest BCUT2D eigenvalue weighted by atomic mass is 16.5. The van der Waals surface area contributed by atoms with Crippen LogP contribution in [0.4, 0.5) is 0 Å². The van der Waals surface area contributed by atoms with E-state index in [0.717, 1.165) is 16.8 Å². The van der Waals surface area contributed by atoms with Crippen molar-refractivity contribution < 1.29 is 19.4 Å². The number of benzene rings is 2. The lowest BCUT2D eigenvalue weighted by molar-refractivity contribution is 0.0690. The molecule has 0 aliphatic rings. The molecule has 160 valence electrons. The van der Waals surface area contributed by atoms with Crippen molar-refractivity contribution in [2.24, 2.45) is 0 Å². The van der Waals surface area contributed by atoms with E-state index >= 15 is 0 Å². The molecular weight excluding hydrogens is 380 g/mol. The van der Waals surface area contributed by atoms with E-state index in [4.69, 9.17) is 9.47 Å². The van der Waals surface area contributed by atoms with Crippen LogP contribution in [-0.2, 0) is 0 Å². The fourth-order valence-electron chi connectivity index (χ4n) is 3.28. The van der Waals surface area contributed by atoms with E-state index in [-0.39, 0.29) is 11.6 Å². The zero-order chi connectivity index (χ0) is 22.4. The topological polar surface area (TPSA) is 73.6 Å². The molecule has 1 heterocycles. The lowest BCUT2D eigenvalue weighted by atomic mass is 9.98. The number of carboxylic acid groups (broad SMARTS) is 1. The number of ether oxygens (including phenoxy) is 2. The third-order valence-corrected chi connectivity index (χ3v) is 4.65. The van der Waals surface area contributed by atoms with Gasteiger partial charge in [0.05, 0.1) is 31.2 Å². The highest BCUT2D eigenvalue weighted by Gasteiger charge is 2.23. The van der Waals surface area contributed by atoms with Gasteiger partial charge in [0.15, 0.2) is 5.69 Å². The first kappa shape index (κ1) is 23.0. The van der Waals surface area contributed by atoms with E-state index in [1.54, 1.807) is 25.0 Å². The number of aryl methyl sites for hydroxylation is 1. The Kier molecular flexibility index (Phi) is 7.64. The Bertz CT molecular complexity index is 1000. The van der Waals surface area contributed by atoms with E-state index in [1.807, 2.05) is 51.1 Å². The number of aromatic nitrogens is 2. The van der Waals surface area contributed by atoms with Crippen LogP contribution in [0, 0.1) is 6.92 Å². The molecule has 3 aromatic rings. The number of aromatic carboxylic acids is 1. The molecule has 0 aliphatic heterocycles. The minimum Gasteiger partial charge on any atom is -0.496 e. The number of nitrogens with zero attached hydrogens (tertiary/aromatic N) is 2. The normalized spacial score (nSPS) is 10.4. The Hall–Kier alpha value is -3.28. The molecule has 1 N–H and O–H groups in total. The summed E-state index contributed by atoms with van der Waals surface area (Å²) in [5.74, 6) is 0.304. The molecule has 3 rings (SSSR count). The van der Waals surface area contributed by atoms with E-state index in [1.165, 1.54) is 0 Å². The van der Waals surface area contributed by atoms with Crippen LogP contribution in [0.2, 0.25) is 0 Å². The van der Waals surface area contributed by atoms with Crippen molar-refractivity contribution in [1.82, 2.24) is 9.78 Å². The molecule has 0 unspecified atom stereocenters. The van der Waals surface area contributed by atoms with Crippen molar-refractivity contribution in [2.75, 3.05) is 14.2 Å². The fraction of sp³-hybridized carbons (Fsp3) is 0.333. The number of carbonyl (C=O) groups is 1. The molecule has 0 fully saturated rings. The standard InChI is InChI=1S/C22H24N2O4.C2H6/c1-13(2)15-11-14(3)9-10-17(15)24-18(12-16(23-24)22(25)26)21-19(27-4)7-6-8-20(21)28-5;1-2/h6-13H,1-5H3,(H,25,26);1-2H3. The Labute approximate surface area is 178 Å². The van der Waals surface area contributed by atoms with E-state index in [0.29, 0.717) is 22.8 Å². The maximum absolute atomic E-state index is 11.7. The second-order valence-corrected chi connectivity index (χ2v) is 6.89. The van der Waals surface area contributed by atoms with Gasteiger partial charge in [-0.3, -0.25) is 0 Å². The third kappa shape index (κ3) is 4.48. The molecule has 0 spiro atoms. The quantitative estimate of drug-likeness (QED) is 0.563. The first-order chi connectivity index (χ1) is 14.4. The van der Waals surface area contributed by atoms with Crippen molar-refractivity contribution >= 4 is 5.97 Å². The smallest absolute Gasteiger partial charge is 0.356 e.